The molecule has 1 amide bonds. The van der Waals surface area contributed by atoms with Crippen LogP contribution in [0.1, 0.15) is 21.7 Å². The molecule has 0 atom stereocenters. The number of hydrogen-bond donors (Lipinski definition) is 1. The quantitative estimate of drug-likeness (QED) is 0.493. The number of amides is 1. The molecule has 0 fully saturated rings. The van der Waals surface area contributed by atoms with Crippen LogP contribution in [0.2, 0.25) is 5.02 Å². The maximum Gasteiger partial charge on any atom is 0.295 e. The highest BCUT2D eigenvalue weighted by Crippen LogP contribution is 2.25. The van der Waals surface area contributed by atoms with Crippen molar-refractivity contribution < 1.29 is 4.79 Å². The minimum Gasteiger partial charge on any atom is -0.319 e. The highest BCUT2D eigenvalue weighted by Gasteiger charge is 2.20. The molecule has 0 bridgehead atoms. The number of carbonyl (C=O) groups excluding carboxylic acids is 1. The fraction of sp³-hybridized carbons (Fsp3) is 0.0870. The van der Waals surface area contributed by atoms with Crippen molar-refractivity contribution in [3.05, 3.63) is 94.8 Å². The first-order chi connectivity index (χ1) is 14.0. The van der Waals surface area contributed by atoms with Crippen LogP contribution in [-0.4, -0.2) is 20.7 Å². The maximum absolute atomic E-state index is 12.8. The Kier molecular flexibility index (Phi) is 5.14. The van der Waals surface area contributed by atoms with Crippen LogP contribution in [0.4, 0.5) is 5.69 Å². The molecule has 0 spiro atoms. The third-order valence-electron chi connectivity index (χ3n) is 4.75. The van der Waals surface area contributed by atoms with Gasteiger partial charge in [0, 0.05) is 16.3 Å². The van der Waals surface area contributed by atoms with Crippen molar-refractivity contribution in [1.29, 1.82) is 0 Å². The van der Waals surface area contributed by atoms with E-state index in [0.29, 0.717) is 16.5 Å². The summed E-state index contributed by atoms with van der Waals surface area (Å²) in [5.41, 5.74) is 4.63. The van der Waals surface area contributed by atoms with Gasteiger partial charge < -0.3 is 5.32 Å². The van der Waals surface area contributed by atoms with E-state index in [-0.39, 0.29) is 11.7 Å². The predicted octanol–water partition coefficient (Wildman–Crippen LogP) is 5.46. The van der Waals surface area contributed by atoms with Gasteiger partial charge in [-0.1, -0.05) is 54.1 Å². The molecule has 1 aromatic heterocycles. The molecule has 0 saturated carbocycles. The zero-order valence-corrected chi connectivity index (χ0v) is 16.8. The van der Waals surface area contributed by atoms with Crippen LogP contribution < -0.4 is 5.32 Å². The molecule has 0 aliphatic rings. The van der Waals surface area contributed by atoms with Crippen LogP contribution in [-0.2, 0) is 0 Å². The number of nitrogens with zero attached hydrogens (tertiary/aromatic N) is 3. The molecule has 6 heteroatoms. The second-order valence-electron chi connectivity index (χ2n) is 6.72. The Labute approximate surface area is 174 Å². The highest BCUT2D eigenvalue weighted by molar-refractivity contribution is 6.30. The van der Waals surface area contributed by atoms with Crippen molar-refractivity contribution in [2.45, 2.75) is 13.8 Å². The second kappa shape index (κ2) is 7.89. The summed E-state index contributed by atoms with van der Waals surface area (Å²) in [4.78, 5) is 17.4. The van der Waals surface area contributed by atoms with Gasteiger partial charge in [-0.15, -0.1) is 5.10 Å². The fourth-order valence-electron chi connectivity index (χ4n) is 3.04. The summed E-state index contributed by atoms with van der Waals surface area (Å²) in [6.07, 6.45) is 0. The molecule has 4 aromatic rings. The third-order valence-corrected chi connectivity index (χ3v) is 5.00. The summed E-state index contributed by atoms with van der Waals surface area (Å²) in [5, 5.41) is 7.96. The van der Waals surface area contributed by atoms with E-state index in [9.17, 15) is 4.79 Å². The Morgan fingerprint density at radius 1 is 0.931 bits per heavy atom. The van der Waals surface area contributed by atoms with Crippen LogP contribution in [0.25, 0.3) is 17.1 Å². The van der Waals surface area contributed by atoms with E-state index < -0.39 is 0 Å². The van der Waals surface area contributed by atoms with Crippen molar-refractivity contribution in [3.63, 3.8) is 0 Å². The molecule has 0 unspecified atom stereocenters. The van der Waals surface area contributed by atoms with Crippen molar-refractivity contribution in [2.75, 3.05) is 5.32 Å². The Bertz CT molecular complexity index is 1170. The lowest BCUT2D eigenvalue weighted by molar-refractivity contribution is 0.101. The Balaban J connectivity index is 1.78. The van der Waals surface area contributed by atoms with E-state index in [2.05, 4.69) is 15.4 Å². The minimum absolute atomic E-state index is 0.0970. The van der Waals surface area contributed by atoms with Crippen LogP contribution in [0, 0.1) is 13.8 Å². The summed E-state index contributed by atoms with van der Waals surface area (Å²) in [6, 6.07) is 22.6. The van der Waals surface area contributed by atoms with Crippen molar-refractivity contribution in [1.82, 2.24) is 14.8 Å². The van der Waals surface area contributed by atoms with Gasteiger partial charge in [0.1, 0.15) is 0 Å². The van der Waals surface area contributed by atoms with E-state index in [1.54, 1.807) is 28.9 Å². The lowest BCUT2D eigenvalue weighted by Gasteiger charge is -2.10. The lowest BCUT2D eigenvalue weighted by Crippen LogP contribution is -2.14. The summed E-state index contributed by atoms with van der Waals surface area (Å²) in [5.74, 6) is 0.328. The second-order valence-corrected chi connectivity index (χ2v) is 7.15. The molecule has 0 saturated heterocycles. The molecule has 0 aliphatic heterocycles. The molecule has 0 radical (unpaired) electrons. The molecule has 29 heavy (non-hydrogen) atoms. The van der Waals surface area contributed by atoms with Gasteiger partial charge in [0.25, 0.3) is 5.91 Å². The summed E-state index contributed by atoms with van der Waals surface area (Å²) >= 11 is 5.91. The van der Waals surface area contributed by atoms with Crippen LogP contribution in [0.5, 0.6) is 0 Å². The number of hydrogen-bond acceptors (Lipinski definition) is 3. The molecular weight excluding hydrogens is 384 g/mol. The Morgan fingerprint density at radius 3 is 2.38 bits per heavy atom. The third kappa shape index (κ3) is 3.91. The van der Waals surface area contributed by atoms with Gasteiger partial charge in [-0.05, 0) is 55.3 Å². The molecule has 4 rings (SSSR count). The molecule has 1 heterocycles. The number of halogens is 1. The number of aryl methyl sites for hydroxylation is 1. The zero-order valence-electron chi connectivity index (χ0n) is 16.1. The molecule has 0 aliphatic carbocycles. The molecule has 1 N–H and O–H groups in total. The smallest absolute Gasteiger partial charge is 0.295 e. The van der Waals surface area contributed by atoms with E-state index in [0.717, 1.165) is 22.4 Å². The van der Waals surface area contributed by atoms with E-state index >= 15 is 0 Å². The number of benzene rings is 3. The predicted molar refractivity (Wildman–Crippen MR) is 116 cm³/mol. The van der Waals surface area contributed by atoms with Crippen LogP contribution >= 0.6 is 11.6 Å². The minimum atomic E-state index is -0.381. The first-order valence-corrected chi connectivity index (χ1v) is 9.57. The SMILES string of the molecule is Cc1cccc(-n2nc(C(=O)Nc3ccc(Cl)cc3)nc2-c2ccccc2)c1C. The Hall–Kier alpha value is -3.44. The summed E-state index contributed by atoms with van der Waals surface area (Å²) in [6.45, 7) is 4.08. The van der Waals surface area contributed by atoms with Crippen molar-refractivity contribution >= 4 is 23.2 Å². The maximum atomic E-state index is 12.8. The molecule has 144 valence electrons. The van der Waals surface area contributed by atoms with Gasteiger partial charge in [-0.3, -0.25) is 4.79 Å². The topological polar surface area (TPSA) is 59.8 Å². The highest BCUT2D eigenvalue weighted by atomic mass is 35.5. The van der Waals surface area contributed by atoms with E-state index in [1.165, 1.54) is 0 Å². The monoisotopic (exact) mass is 402 g/mol. The average molecular weight is 403 g/mol. The zero-order chi connectivity index (χ0) is 20.4. The molecular formula is C23H19ClN4O. The number of nitrogens with one attached hydrogen (secondary N) is 1. The van der Waals surface area contributed by atoms with Crippen LogP contribution in [0.3, 0.4) is 0 Å². The largest absolute Gasteiger partial charge is 0.319 e. The van der Waals surface area contributed by atoms with Crippen molar-refractivity contribution in [2.24, 2.45) is 0 Å². The van der Waals surface area contributed by atoms with Gasteiger partial charge in [0.15, 0.2) is 5.82 Å². The standard InChI is InChI=1S/C23H19ClN4O/c1-15-7-6-10-20(16(15)2)28-22(17-8-4-3-5-9-17)26-21(27-28)23(29)25-19-13-11-18(24)12-14-19/h3-14H,1-2H3,(H,25,29). The summed E-state index contributed by atoms with van der Waals surface area (Å²) in [7, 11) is 0. The number of aromatic nitrogens is 3. The average Bonchev–Trinajstić information content (AvgIpc) is 3.18. The number of rotatable bonds is 4. The first-order valence-electron chi connectivity index (χ1n) is 9.19. The van der Waals surface area contributed by atoms with Crippen molar-refractivity contribution in [3.8, 4) is 17.1 Å². The number of anilines is 1. The Morgan fingerprint density at radius 2 is 1.66 bits per heavy atom. The molecule has 3 aromatic carbocycles. The van der Waals surface area contributed by atoms with Gasteiger partial charge in [-0.2, -0.15) is 0 Å². The fourth-order valence-corrected chi connectivity index (χ4v) is 3.16. The summed E-state index contributed by atoms with van der Waals surface area (Å²) < 4.78 is 1.73. The first kappa shape index (κ1) is 18.9. The van der Waals surface area contributed by atoms with Gasteiger partial charge >= 0.3 is 0 Å². The van der Waals surface area contributed by atoms with E-state index in [4.69, 9.17) is 11.6 Å². The number of carbonyl (C=O) groups is 1. The van der Waals surface area contributed by atoms with Gasteiger partial charge in [-0.25, -0.2) is 9.67 Å². The van der Waals surface area contributed by atoms with Crippen LogP contribution in [0.15, 0.2) is 72.8 Å². The lowest BCUT2D eigenvalue weighted by atomic mass is 10.1. The van der Waals surface area contributed by atoms with Gasteiger partial charge in [0.2, 0.25) is 5.82 Å². The van der Waals surface area contributed by atoms with Gasteiger partial charge in [0.05, 0.1) is 5.69 Å². The normalized spacial score (nSPS) is 10.7. The molecule has 5 nitrogen and oxygen atoms in total. The van der Waals surface area contributed by atoms with E-state index in [1.807, 2.05) is 62.4 Å².